The van der Waals surface area contributed by atoms with Crippen LogP contribution in [0.3, 0.4) is 0 Å². The minimum Gasteiger partial charge on any atom is -0.497 e. The van der Waals surface area contributed by atoms with Gasteiger partial charge in [-0.1, -0.05) is 12.8 Å². The summed E-state index contributed by atoms with van der Waals surface area (Å²) in [6.07, 6.45) is 3.04. The van der Waals surface area contributed by atoms with Crippen LogP contribution in [0.1, 0.15) is 51.1 Å². The van der Waals surface area contributed by atoms with Gasteiger partial charge in [-0.15, -0.1) is 0 Å². The van der Waals surface area contributed by atoms with Gasteiger partial charge >= 0.3 is 6.03 Å². The van der Waals surface area contributed by atoms with Crippen molar-refractivity contribution in [1.29, 1.82) is 0 Å². The van der Waals surface area contributed by atoms with Gasteiger partial charge in [0.25, 0.3) is 5.91 Å². The lowest BCUT2D eigenvalue weighted by molar-refractivity contribution is -0.138. The topological polar surface area (TPSA) is 97.0 Å². The molecule has 2 aliphatic rings. The van der Waals surface area contributed by atoms with E-state index in [0.29, 0.717) is 24.3 Å². The van der Waals surface area contributed by atoms with Gasteiger partial charge < -0.3 is 20.1 Å². The van der Waals surface area contributed by atoms with Crippen molar-refractivity contribution in [2.24, 2.45) is 0 Å². The number of nitrogens with one attached hydrogen (secondary N) is 2. The number of rotatable bonds is 6. The highest BCUT2D eigenvalue weighted by Gasteiger charge is 2.54. The number of amides is 4. The van der Waals surface area contributed by atoms with E-state index in [0.717, 1.165) is 23.3 Å². The Labute approximate surface area is 164 Å². The first-order valence-corrected chi connectivity index (χ1v) is 9.51. The molecule has 2 atom stereocenters. The van der Waals surface area contributed by atoms with Crippen LogP contribution in [0.15, 0.2) is 18.2 Å². The summed E-state index contributed by atoms with van der Waals surface area (Å²) in [5, 5.41) is 5.67. The molecule has 3 rings (SSSR count). The molecule has 1 saturated carbocycles. The highest BCUT2D eigenvalue weighted by molar-refractivity contribution is 6.10. The van der Waals surface area contributed by atoms with Crippen molar-refractivity contribution >= 4 is 17.8 Å². The Kier molecular flexibility index (Phi) is 5.49. The Balaban J connectivity index is 1.74. The summed E-state index contributed by atoms with van der Waals surface area (Å²) in [7, 11) is 3.12. The molecule has 1 heterocycles. The van der Waals surface area contributed by atoms with E-state index in [1.165, 1.54) is 0 Å². The molecule has 2 fully saturated rings. The van der Waals surface area contributed by atoms with Crippen LogP contribution in [0.2, 0.25) is 0 Å². The van der Waals surface area contributed by atoms with E-state index < -0.39 is 29.6 Å². The average molecular weight is 389 g/mol. The van der Waals surface area contributed by atoms with Crippen molar-refractivity contribution in [2.45, 2.75) is 57.2 Å². The Morgan fingerprint density at radius 2 is 1.86 bits per heavy atom. The fourth-order valence-electron chi connectivity index (χ4n) is 4.02. The van der Waals surface area contributed by atoms with Gasteiger partial charge in [0.15, 0.2) is 0 Å². The fourth-order valence-corrected chi connectivity index (χ4v) is 4.02. The van der Waals surface area contributed by atoms with Gasteiger partial charge in [-0.05, 0) is 44.9 Å². The van der Waals surface area contributed by atoms with Gasteiger partial charge in [0.05, 0.1) is 20.3 Å². The van der Waals surface area contributed by atoms with E-state index in [4.69, 9.17) is 9.47 Å². The molecule has 0 radical (unpaired) electrons. The summed E-state index contributed by atoms with van der Waals surface area (Å²) >= 11 is 0. The number of methoxy groups -OCH3 is 2. The van der Waals surface area contributed by atoms with Gasteiger partial charge in [0.1, 0.15) is 23.1 Å². The molecule has 1 saturated heterocycles. The van der Waals surface area contributed by atoms with Crippen LogP contribution < -0.4 is 20.1 Å². The zero-order valence-corrected chi connectivity index (χ0v) is 16.7. The molecule has 4 amide bonds. The van der Waals surface area contributed by atoms with E-state index in [1.807, 2.05) is 6.92 Å². The molecule has 8 nitrogen and oxygen atoms in total. The molecule has 1 aromatic carbocycles. The minimum absolute atomic E-state index is 0.302. The second kappa shape index (κ2) is 7.69. The maximum atomic E-state index is 12.9. The molecule has 1 aliphatic heterocycles. The highest BCUT2D eigenvalue weighted by Crippen LogP contribution is 2.36. The number of nitrogens with zero attached hydrogens (tertiary/aromatic N) is 1. The predicted octanol–water partition coefficient (Wildman–Crippen LogP) is 2.13. The smallest absolute Gasteiger partial charge is 0.325 e. The van der Waals surface area contributed by atoms with Crippen LogP contribution >= 0.6 is 0 Å². The SMILES string of the molecule is COc1ccc(OC)c(C(C)NC(=O)C(C)N2C(=O)NC3(CCCC3)C2=O)c1. The van der Waals surface area contributed by atoms with Crippen LogP contribution in [-0.2, 0) is 9.59 Å². The van der Waals surface area contributed by atoms with E-state index in [1.54, 1.807) is 39.3 Å². The number of benzene rings is 1. The number of imide groups is 1. The highest BCUT2D eigenvalue weighted by atomic mass is 16.5. The molecule has 1 aliphatic carbocycles. The molecule has 2 unspecified atom stereocenters. The van der Waals surface area contributed by atoms with Crippen molar-refractivity contribution < 1.29 is 23.9 Å². The van der Waals surface area contributed by atoms with Crippen LogP contribution in [0, 0.1) is 0 Å². The van der Waals surface area contributed by atoms with Crippen molar-refractivity contribution in [2.75, 3.05) is 14.2 Å². The molecule has 152 valence electrons. The van der Waals surface area contributed by atoms with E-state index in [9.17, 15) is 14.4 Å². The molecular formula is C20H27N3O5. The van der Waals surface area contributed by atoms with Gasteiger partial charge in [-0.2, -0.15) is 0 Å². The number of carbonyl (C=O) groups is 3. The third-order valence-corrected chi connectivity index (χ3v) is 5.68. The van der Waals surface area contributed by atoms with Crippen molar-refractivity contribution in [3.8, 4) is 11.5 Å². The van der Waals surface area contributed by atoms with E-state index in [-0.39, 0.29) is 5.91 Å². The molecule has 1 spiro atoms. The fraction of sp³-hybridized carbons (Fsp3) is 0.550. The lowest BCUT2D eigenvalue weighted by Gasteiger charge is -2.25. The predicted molar refractivity (Wildman–Crippen MR) is 102 cm³/mol. The van der Waals surface area contributed by atoms with Gasteiger partial charge in [-0.3, -0.25) is 9.59 Å². The van der Waals surface area contributed by atoms with Gasteiger partial charge in [-0.25, -0.2) is 9.69 Å². The Bertz CT molecular complexity index is 788. The third-order valence-electron chi connectivity index (χ3n) is 5.68. The summed E-state index contributed by atoms with van der Waals surface area (Å²) < 4.78 is 10.6. The first-order valence-electron chi connectivity index (χ1n) is 9.51. The third kappa shape index (κ3) is 3.39. The van der Waals surface area contributed by atoms with Gasteiger partial charge in [0, 0.05) is 5.56 Å². The number of carbonyl (C=O) groups excluding carboxylic acids is 3. The van der Waals surface area contributed by atoms with Crippen molar-refractivity contribution in [3.63, 3.8) is 0 Å². The average Bonchev–Trinajstić information content (AvgIpc) is 3.25. The molecule has 28 heavy (non-hydrogen) atoms. The second-order valence-electron chi connectivity index (χ2n) is 7.41. The number of hydrogen-bond acceptors (Lipinski definition) is 5. The molecular weight excluding hydrogens is 362 g/mol. The number of urea groups is 1. The maximum Gasteiger partial charge on any atom is 0.325 e. The zero-order valence-electron chi connectivity index (χ0n) is 16.7. The van der Waals surface area contributed by atoms with Crippen LogP contribution in [0.5, 0.6) is 11.5 Å². The first-order chi connectivity index (χ1) is 13.3. The minimum atomic E-state index is -0.911. The largest absolute Gasteiger partial charge is 0.497 e. The monoisotopic (exact) mass is 389 g/mol. The number of hydrogen-bond donors (Lipinski definition) is 2. The zero-order chi connectivity index (χ0) is 20.5. The quantitative estimate of drug-likeness (QED) is 0.727. The van der Waals surface area contributed by atoms with Crippen LogP contribution in [0.25, 0.3) is 0 Å². The van der Waals surface area contributed by atoms with E-state index >= 15 is 0 Å². The summed E-state index contributed by atoms with van der Waals surface area (Å²) in [6, 6.07) is 3.51. The summed E-state index contributed by atoms with van der Waals surface area (Å²) in [4.78, 5) is 39.1. The first kappa shape index (κ1) is 20.0. The normalized spacial score (nSPS) is 20.1. The van der Waals surface area contributed by atoms with Crippen molar-refractivity contribution in [3.05, 3.63) is 23.8 Å². The summed E-state index contributed by atoms with van der Waals surface area (Å²) in [6.45, 7) is 3.38. The van der Waals surface area contributed by atoms with Crippen molar-refractivity contribution in [1.82, 2.24) is 15.5 Å². The molecule has 8 heteroatoms. The molecule has 0 bridgehead atoms. The lowest BCUT2D eigenvalue weighted by Crippen LogP contribution is -2.50. The Hall–Kier alpha value is -2.77. The van der Waals surface area contributed by atoms with Crippen LogP contribution in [0.4, 0.5) is 4.79 Å². The summed E-state index contributed by atoms with van der Waals surface area (Å²) in [5.41, 5.74) is -0.0837. The van der Waals surface area contributed by atoms with Crippen LogP contribution in [-0.4, -0.2) is 48.5 Å². The molecule has 2 N–H and O–H groups in total. The molecule has 1 aromatic rings. The Morgan fingerprint density at radius 3 is 2.46 bits per heavy atom. The molecule has 0 aromatic heterocycles. The summed E-state index contributed by atoms with van der Waals surface area (Å²) in [5.74, 6) is 0.545. The number of ether oxygens (including phenoxy) is 2. The lowest BCUT2D eigenvalue weighted by atomic mass is 9.97. The Morgan fingerprint density at radius 1 is 1.18 bits per heavy atom. The van der Waals surface area contributed by atoms with Gasteiger partial charge in [0.2, 0.25) is 5.91 Å². The van der Waals surface area contributed by atoms with E-state index in [2.05, 4.69) is 10.6 Å². The maximum absolute atomic E-state index is 12.9. The standard InChI is InChI=1S/C20H27N3O5/c1-12(15-11-14(27-3)7-8-16(15)28-4)21-17(24)13(2)23-18(25)20(22-19(23)26)9-5-6-10-20/h7-8,11-13H,5-6,9-10H2,1-4H3,(H,21,24)(H,22,26). The second-order valence-corrected chi connectivity index (χ2v) is 7.41.